The van der Waals surface area contributed by atoms with Crippen molar-refractivity contribution in [2.45, 2.75) is 13.0 Å². The topological polar surface area (TPSA) is 48.0 Å². The second-order valence-electron chi connectivity index (χ2n) is 5.45. The zero-order chi connectivity index (χ0) is 17.5. The predicted molar refractivity (Wildman–Crippen MR) is 92.7 cm³/mol. The molecule has 0 unspecified atom stereocenters. The maximum absolute atomic E-state index is 12.5. The summed E-state index contributed by atoms with van der Waals surface area (Å²) >= 11 is 0. The number of hydrogen-bond donors (Lipinski definition) is 0. The van der Waals surface area contributed by atoms with Gasteiger partial charge in [-0.05, 0) is 23.3 Å². The Hall–Kier alpha value is -2.69. The maximum atomic E-state index is 12.5. The fourth-order valence-corrected chi connectivity index (χ4v) is 2.49. The lowest BCUT2D eigenvalue weighted by molar-refractivity contribution is -0.129. The number of hydrogen-bond acceptors (Lipinski definition) is 4. The summed E-state index contributed by atoms with van der Waals surface area (Å²) in [6.45, 7) is 0.574. The molecule has 1 amide bonds. The second kappa shape index (κ2) is 8.24. The van der Waals surface area contributed by atoms with Gasteiger partial charge >= 0.3 is 0 Å². The molecule has 0 heterocycles. The molecule has 2 rings (SSSR count). The van der Waals surface area contributed by atoms with Crippen molar-refractivity contribution in [3.8, 4) is 17.2 Å². The monoisotopic (exact) mass is 329 g/mol. The molecular formula is C19H23NO4. The van der Waals surface area contributed by atoms with Gasteiger partial charge in [-0.3, -0.25) is 4.79 Å². The molecule has 128 valence electrons. The average Bonchev–Trinajstić information content (AvgIpc) is 2.61. The first kappa shape index (κ1) is 17.7. The van der Waals surface area contributed by atoms with Gasteiger partial charge in [0.05, 0.1) is 27.8 Å². The van der Waals surface area contributed by atoms with Crippen molar-refractivity contribution < 1.29 is 19.0 Å². The van der Waals surface area contributed by atoms with Crippen molar-refractivity contribution in [1.82, 2.24) is 4.90 Å². The van der Waals surface area contributed by atoms with Gasteiger partial charge in [-0.25, -0.2) is 0 Å². The van der Waals surface area contributed by atoms with Crippen LogP contribution in [0.2, 0.25) is 0 Å². The number of ether oxygens (including phenoxy) is 3. The third-order valence-corrected chi connectivity index (χ3v) is 3.77. The van der Waals surface area contributed by atoms with E-state index < -0.39 is 0 Å². The summed E-state index contributed by atoms with van der Waals surface area (Å²) in [6.07, 6.45) is 0.264. The Balaban J connectivity index is 2.13. The summed E-state index contributed by atoms with van der Waals surface area (Å²) in [4.78, 5) is 14.2. The predicted octanol–water partition coefficient (Wildman–Crippen LogP) is 2.91. The molecule has 0 radical (unpaired) electrons. The highest BCUT2D eigenvalue weighted by Gasteiger charge is 2.16. The normalized spacial score (nSPS) is 10.2. The number of nitrogens with zero attached hydrogens (tertiary/aromatic N) is 1. The van der Waals surface area contributed by atoms with E-state index in [9.17, 15) is 4.79 Å². The molecule has 0 N–H and O–H groups in total. The molecule has 5 heteroatoms. The number of likely N-dealkylation sites (N-methyl/N-ethyl adjacent to an activating group) is 1. The number of rotatable bonds is 7. The first-order valence-corrected chi connectivity index (χ1v) is 7.65. The van der Waals surface area contributed by atoms with Crippen LogP contribution in [0.25, 0.3) is 0 Å². The van der Waals surface area contributed by atoms with Crippen molar-refractivity contribution in [3.05, 3.63) is 53.6 Å². The summed E-state index contributed by atoms with van der Waals surface area (Å²) in [5, 5.41) is 0. The summed E-state index contributed by atoms with van der Waals surface area (Å²) in [6, 6.07) is 13.5. The van der Waals surface area contributed by atoms with Gasteiger partial charge in [0.15, 0.2) is 11.5 Å². The van der Waals surface area contributed by atoms with Crippen LogP contribution >= 0.6 is 0 Å². The Bertz CT molecular complexity index is 660. The van der Waals surface area contributed by atoms with Gasteiger partial charge in [0, 0.05) is 13.6 Å². The number of carbonyl (C=O) groups is 1. The number of benzene rings is 2. The molecule has 0 aliphatic rings. The molecule has 0 atom stereocenters. The fourth-order valence-electron chi connectivity index (χ4n) is 2.49. The van der Waals surface area contributed by atoms with E-state index in [1.165, 1.54) is 0 Å². The first-order valence-electron chi connectivity index (χ1n) is 7.65. The minimum atomic E-state index is 0.0214. The summed E-state index contributed by atoms with van der Waals surface area (Å²) in [7, 11) is 6.47. The molecular weight excluding hydrogens is 306 g/mol. The lowest BCUT2D eigenvalue weighted by Gasteiger charge is -2.18. The van der Waals surface area contributed by atoms with Gasteiger partial charge in [-0.1, -0.05) is 30.3 Å². The van der Waals surface area contributed by atoms with Crippen LogP contribution in [0.15, 0.2) is 42.5 Å². The van der Waals surface area contributed by atoms with Crippen molar-refractivity contribution in [3.63, 3.8) is 0 Å². The van der Waals surface area contributed by atoms with Crippen LogP contribution in [-0.2, 0) is 17.8 Å². The highest BCUT2D eigenvalue weighted by molar-refractivity contribution is 5.79. The van der Waals surface area contributed by atoms with Crippen LogP contribution in [0.5, 0.6) is 17.2 Å². The number of methoxy groups -OCH3 is 3. The van der Waals surface area contributed by atoms with E-state index in [0.717, 1.165) is 11.1 Å². The molecule has 0 fully saturated rings. The molecule has 2 aromatic rings. The van der Waals surface area contributed by atoms with Gasteiger partial charge in [0.1, 0.15) is 0 Å². The molecule has 0 spiro atoms. The Labute approximate surface area is 142 Å². The molecule has 0 saturated heterocycles. The molecule has 0 aliphatic carbocycles. The van der Waals surface area contributed by atoms with E-state index in [0.29, 0.717) is 23.8 Å². The smallest absolute Gasteiger partial charge is 0.227 e. The molecule has 0 aromatic heterocycles. The van der Waals surface area contributed by atoms with Crippen LogP contribution in [-0.4, -0.2) is 39.2 Å². The quantitative estimate of drug-likeness (QED) is 0.784. The van der Waals surface area contributed by atoms with E-state index in [1.807, 2.05) is 30.3 Å². The molecule has 24 heavy (non-hydrogen) atoms. The molecule has 0 bridgehead atoms. The van der Waals surface area contributed by atoms with Crippen LogP contribution < -0.4 is 14.2 Å². The van der Waals surface area contributed by atoms with Gasteiger partial charge in [0.25, 0.3) is 0 Å². The minimum absolute atomic E-state index is 0.0214. The Morgan fingerprint density at radius 3 is 2.00 bits per heavy atom. The highest BCUT2D eigenvalue weighted by Crippen LogP contribution is 2.38. The Morgan fingerprint density at radius 1 is 0.917 bits per heavy atom. The van der Waals surface area contributed by atoms with E-state index in [-0.39, 0.29) is 12.3 Å². The molecule has 0 aliphatic heterocycles. The van der Waals surface area contributed by atoms with Crippen LogP contribution in [0.4, 0.5) is 0 Å². The Morgan fingerprint density at radius 2 is 1.50 bits per heavy atom. The van der Waals surface area contributed by atoms with Crippen molar-refractivity contribution in [1.29, 1.82) is 0 Å². The molecule has 5 nitrogen and oxygen atoms in total. The zero-order valence-corrected chi connectivity index (χ0v) is 14.5. The van der Waals surface area contributed by atoms with E-state index in [4.69, 9.17) is 14.2 Å². The Kier molecular flexibility index (Phi) is 6.07. The number of carbonyl (C=O) groups excluding carboxylic acids is 1. The summed E-state index contributed by atoms with van der Waals surface area (Å²) < 4.78 is 16.0. The highest BCUT2D eigenvalue weighted by atomic mass is 16.5. The van der Waals surface area contributed by atoms with E-state index >= 15 is 0 Å². The van der Waals surface area contributed by atoms with Crippen LogP contribution in [0.3, 0.4) is 0 Å². The maximum Gasteiger partial charge on any atom is 0.227 e. The zero-order valence-electron chi connectivity index (χ0n) is 14.5. The van der Waals surface area contributed by atoms with Crippen molar-refractivity contribution in [2.75, 3.05) is 28.4 Å². The molecule has 2 aromatic carbocycles. The minimum Gasteiger partial charge on any atom is -0.493 e. The van der Waals surface area contributed by atoms with E-state index in [1.54, 1.807) is 45.4 Å². The van der Waals surface area contributed by atoms with Crippen LogP contribution in [0, 0.1) is 0 Å². The summed E-state index contributed by atoms with van der Waals surface area (Å²) in [5.74, 6) is 1.64. The third-order valence-electron chi connectivity index (χ3n) is 3.77. The van der Waals surface area contributed by atoms with Gasteiger partial charge in [-0.15, -0.1) is 0 Å². The third kappa shape index (κ3) is 4.19. The van der Waals surface area contributed by atoms with E-state index in [2.05, 4.69) is 0 Å². The van der Waals surface area contributed by atoms with Crippen molar-refractivity contribution in [2.24, 2.45) is 0 Å². The SMILES string of the molecule is COc1cc(CC(=O)N(C)Cc2ccccc2)cc(OC)c1OC. The number of amides is 1. The fraction of sp³-hybridized carbons (Fsp3) is 0.316. The standard InChI is InChI=1S/C19H23NO4/c1-20(13-14-8-6-5-7-9-14)18(21)12-15-10-16(22-2)19(24-4)17(11-15)23-3/h5-11H,12-13H2,1-4H3. The average molecular weight is 329 g/mol. The second-order valence-corrected chi connectivity index (χ2v) is 5.45. The van der Waals surface area contributed by atoms with Gasteiger partial charge in [-0.2, -0.15) is 0 Å². The first-order chi connectivity index (χ1) is 11.6. The summed E-state index contributed by atoms with van der Waals surface area (Å²) in [5.41, 5.74) is 1.91. The lowest BCUT2D eigenvalue weighted by Crippen LogP contribution is -2.27. The molecule has 0 saturated carbocycles. The lowest BCUT2D eigenvalue weighted by atomic mass is 10.1. The largest absolute Gasteiger partial charge is 0.493 e. The van der Waals surface area contributed by atoms with Crippen LogP contribution in [0.1, 0.15) is 11.1 Å². The van der Waals surface area contributed by atoms with Gasteiger partial charge in [0.2, 0.25) is 11.7 Å². The van der Waals surface area contributed by atoms with Crippen molar-refractivity contribution >= 4 is 5.91 Å². The van der Waals surface area contributed by atoms with Gasteiger partial charge < -0.3 is 19.1 Å².